The van der Waals surface area contributed by atoms with Crippen LogP contribution in [0.25, 0.3) is 0 Å². The number of halogens is 5. The highest BCUT2D eigenvalue weighted by atomic mass is 35.5. The van der Waals surface area contributed by atoms with Crippen LogP contribution in [0.2, 0.25) is 5.02 Å². The summed E-state index contributed by atoms with van der Waals surface area (Å²) in [7, 11) is 0. The summed E-state index contributed by atoms with van der Waals surface area (Å²) in [6.07, 6.45) is 0. The van der Waals surface area contributed by atoms with E-state index in [1.54, 1.807) is 0 Å². The van der Waals surface area contributed by atoms with Crippen LogP contribution in [0.3, 0.4) is 0 Å². The predicted octanol–water partition coefficient (Wildman–Crippen LogP) is 3.94. The van der Waals surface area contributed by atoms with Crippen molar-refractivity contribution < 1.29 is 17.6 Å². The van der Waals surface area contributed by atoms with Crippen LogP contribution >= 0.6 is 11.6 Å². The van der Waals surface area contributed by atoms with E-state index in [0.29, 0.717) is 0 Å². The fraction of sp³-hybridized carbons (Fsp3) is 0.0769. The maximum Gasteiger partial charge on any atom is 0.194 e. The van der Waals surface area contributed by atoms with Crippen molar-refractivity contribution in [2.75, 3.05) is 0 Å². The Bertz CT molecular complexity index is 630. The standard InChI is InChI=1S/C13H8ClF4N/c14-6-1-3-9(15)8(5-6)13(19)7-2-4-10(16)12(18)11(7)17/h1-5,13H,19H2. The third-order valence-corrected chi connectivity index (χ3v) is 2.93. The zero-order valence-corrected chi connectivity index (χ0v) is 10.2. The van der Waals surface area contributed by atoms with Gasteiger partial charge in [-0.1, -0.05) is 17.7 Å². The van der Waals surface area contributed by atoms with Crippen LogP contribution in [0.4, 0.5) is 17.6 Å². The highest BCUT2D eigenvalue weighted by Gasteiger charge is 2.21. The van der Waals surface area contributed by atoms with Gasteiger partial charge in [0, 0.05) is 16.1 Å². The van der Waals surface area contributed by atoms with E-state index < -0.39 is 29.3 Å². The number of benzene rings is 2. The number of rotatable bonds is 2. The van der Waals surface area contributed by atoms with E-state index in [9.17, 15) is 17.6 Å². The molecule has 2 aromatic carbocycles. The summed E-state index contributed by atoms with van der Waals surface area (Å²) < 4.78 is 53.1. The van der Waals surface area contributed by atoms with E-state index in [0.717, 1.165) is 18.2 Å². The van der Waals surface area contributed by atoms with Crippen molar-refractivity contribution in [1.82, 2.24) is 0 Å². The van der Waals surface area contributed by atoms with Crippen molar-refractivity contribution in [3.05, 3.63) is 69.8 Å². The minimum atomic E-state index is -1.64. The minimum absolute atomic E-state index is 0.0996. The summed E-state index contributed by atoms with van der Waals surface area (Å²) in [4.78, 5) is 0. The molecule has 0 aliphatic rings. The Kier molecular flexibility index (Phi) is 3.78. The Morgan fingerprint density at radius 2 is 1.47 bits per heavy atom. The molecule has 2 rings (SSSR count). The lowest BCUT2D eigenvalue weighted by Crippen LogP contribution is -2.16. The molecule has 0 fully saturated rings. The predicted molar refractivity (Wildman–Crippen MR) is 63.8 cm³/mol. The van der Waals surface area contributed by atoms with Gasteiger partial charge in [-0.15, -0.1) is 0 Å². The fourth-order valence-corrected chi connectivity index (χ4v) is 1.88. The van der Waals surface area contributed by atoms with Gasteiger partial charge in [0.05, 0.1) is 6.04 Å². The smallest absolute Gasteiger partial charge is 0.194 e. The quantitative estimate of drug-likeness (QED) is 0.657. The molecule has 1 unspecified atom stereocenters. The molecule has 0 aliphatic heterocycles. The van der Waals surface area contributed by atoms with E-state index >= 15 is 0 Å². The topological polar surface area (TPSA) is 26.0 Å². The molecule has 0 radical (unpaired) electrons. The Labute approximate surface area is 111 Å². The van der Waals surface area contributed by atoms with Gasteiger partial charge in [-0.3, -0.25) is 0 Å². The molecule has 2 aromatic rings. The van der Waals surface area contributed by atoms with E-state index in [4.69, 9.17) is 17.3 Å². The highest BCUT2D eigenvalue weighted by molar-refractivity contribution is 6.30. The Morgan fingerprint density at radius 1 is 0.842 bits per heavy atom. The number of hydrogen-bond donors (Lipinski definition) is 1. The molecule has 19 heavy (non-hydrogen) atoms. The maximum absolute atomic E-state index is 13.6. The van der Waals surface area contributed by atoms with Crippen LogP contribution < -0.4 is 5.73 Å². The van der Waals surface area contributed by atoms with Crippen LogP contribution in [-0.4, -0.2) is 0 Å². The van der Waals surface area contributed by atoms with E-state index in [2.05, 4.69) is 0 Å². The van der Waals surface area contributed by atoms with Gasteiger partial charge in [0.2, 0.25) is 0 Å². The monoisotopic (exact) mass is 289 g/mol. The molecule has 0 heterocycles. The molecule has 2 N–H and O–H groups in total. The Hall–Kier alpha value is -1.59. The molecule has 0 aliphatic carbocycles. The van der Waals surface area contributed by atoms with Crippen molar-refractivity contribution in [1.29, 1.82) is 0 Å². The first-order chi connectivity index (χ1) is 8.91. The molecule has 100 valence electrons. The van der Waals surface area contributed by atoms with Crippen molar-refractivity contribution in [3.8, 4) is 0 Å². The number of nitrogens with two attached hydrogens (primary N) is 1. The molecule has 0 aromatic heterocycles. The van der Waals surface area contributed by atoms with Crippen molar-refractivity contribution in [2.24, 2.45) is 5.73 Å². The molecule has 0 saturated carbocycles. The maximum atomic E-state index is 13.6. The Balaban J connectivity index is 2.53. The average Bonchev–Trinajstić information content (AvgIpc) is 2.38. The first kappa shape index (κ1) is 13.8. The molecule has 0 bridgehead atoms. The third-order valence-electron chi connectivity index (χ3n) is 2.69. The lowest BCUT2D eigenvalue weighted by atomic mass is 9.98. The lowest BCUT2D eigenvalue weighted by molar-refractivity contribution is 0.437. The van der Waals surface area contributed by atoms with Crippen molar-refractivity contribution >= 4 is 11.6 Å². The molecular formula is C13H8ClF4N. The van der Waals surface area contributed by atoms with Gasteiger partial charge in [-0.2, -0.15) is 0 Å². The average molecular weight is 290 g/mol. The van der Waals surface area contributed by atoms with Crippen LogP contribution in [-0.2, 0) is 0 Å². The largest absolute Gasteiger partial charge is 0.320 e. The summed E-state index contributed by atoms with van der Waals surface area (Å²) in [5.41, 5.74) is 5.23. The summed E-state index contributed by atoms with van der Waals surface area (Å²) in [5.74, 6) is -5.12. The van der Waals surface area contributed by atoms with E-state index in [-0.39, 0.29) is 16.1 Å². The van der Waals surface area contributed by atoms with Gasteiger partial charge in [0.25, 0.3) is 0 Å². The second-order valence-corrected chi connectivity index (χ2v) is 4.34. The third kappa shape index (κ3) is 2.57. The zero-order valence-electron chi connectivity index (χ0n) is 9.43. The van der Waals surface area contributed by atoms with Gasteiger partial charge >= 0.3 is 0 Å². The van der Waals surface area contributed by atoms with Gasteiger partial charge in [0.15, 0.2) is 17.5 Å². The Morgan fingerprint density at radius 3 is 2.16 bits per heavy atom. The van der Waals surface area contributed by atoms with Gasteiger partial charge in [0.1, 0.15) is 5.82 Å². The number of hydrogen-bond acceptors (Lipinski definition) is 1. The van der Waals surface area contributed by atoms with Crippen molar-refractivity contribution in [3.63, 3.8) is 0 Å². The fourth-order valence-electron chi connectivity index (χ4n) is 1.70. The molecule has 0 spiro atoms. The van der Waals surface area contributed by atoms with Gasteiger partial charge in [-0.25, -0.2) is 17.6 Å². The van der Waals surface area contributed by atoms with Gasteiger partial charge < -0.3 is 5.73 Å². The van der Waals surface area contributed by atoms with Crippen LogP contribution in [0.1, 0.15) is 17.2 Å². The van der Waals surface area contributed by atoms with Crippen LogP contribution in [0, 0.1) is 23.3 Å². The molecule has 1 atom stereocenters. The summed E-state index contributed by atoms with van der Waals surface area (Å²) in [6, 6.07) is 4.00. The van der Waals surface area contributed by atoms with Crippen LogP contribution in [0.5, 0.6) is 0 Å². The first-order valence-corrected chi connectivity index (χ1v) is 5.63. The normalized spacial score (nSPS) is 12.5. The van der Waals surface area contributed by atoms with E-state index in [1.807, 2.05) is 0 Å². The summed E-state index contributed by atoms with van der Waals surface area (Å²) >= 11 is 5.69. The molecule has 0 amide bonds. The van der Waals surface area contributed by atoms with Crippen molar-refractivity contribution in [2.45, 2.75) is 6.04 Å². The first-order valence-electron chi connectivity index (χ1n) is 5.25. The summed E-state index contributed by atoms with van der Waals surface area (Å²) in [5, 5.41) is 0.204. The second kappa shape index (κ2) is 5.19. The molecule has 0 saturated heterocycles. The van der Waals surface area contributed by atoms with Crippen LogP contribution in [0.15, 0.2) is 30.3 Å². The SMILES string of the molecule is NC(c1cc(Cl)ccc1F)c1ccc(F)c(F)c1F. The summed E-state index contributed by atoms with van der Waals surface area (Å²) in [6.45, 7) is 0. The van der Waals surface area contributed by atoms with E-state index in [1.165, 1.54) is 12.1 Å². The zero-order chi connectivity index (χ0) is 14.2. The lowest BCUT2D eigenvalue weighted by Gasteiger charge is -2.15. The molecular weight excluding hydrogens is 282 g/mol. The molecule has 6 heteroatoms. The minimum Gasteiger partial charge on any atom is -0.320 e. The van der Waals surface area contributed by atoms with Gasteiger partial charge in [-0.05, 0) is 24.3 Å². The second-order valence-electron chi connectivity index (χ2n) is 3.91. The molecule has 1 nitrogen and oxygen atoms in total. The highest BCUT2D eigenvalue weighted by Crippen LogP contribution is 2.28.